The van der Waals surface area contributed by atoms with Gasteiger partial charge in [0.1, 0.15) is 10.1 Å². The number of fused-ring (bicyclic) bond motifs is 1. The van der Waals surface area contributed by atoms with Crippen LogP contribution in [0.1, 0.15) is 5.76 Å². The minimum absolute atomic E-state index is 0.184. The Bertz CT molecular complexity index is 1050. The smallest absolute Gasteiger partial charge is 0.266 e. The molecule has 1 aliphatic heterocycles. The molecule has 0 bridgehead atoms. The summed E-state index contributed by atoms with van der Waals surface area (Å²) in [6, 6.07) is 11.3. The van der Waals surface area contributed by atoms with Crippen LogP contribution >= 0.6 is 35.3 Å². The number of amides is 1. The van der Waals surface area contributed by atoms with E-state index < -0.39 is 18.4 Å². The molecule has 0 aliphatic carbocycles. The number of hydrogen-bond donors (Lipinski definition) is 0. The molecule has 1 aliphatic rings. The maximum atomic E-state index is 12.3. The molecule has 26 heavy (non-hydrogen) atoms. The number of para-hydroxylation sites is 1. The van der Waals surface area contributed by atoms with Crippen molar-refractivity contribution >= 4 is 67.8 Å². The molecule has 6 nitrogen and oxygen atoms in total. The number of aliphatic carboxylic acids is 1. The predicted molar refractivity (Wildman–Crippen MR) is 102 cm³/mol. The number of thiazole rings is 1. The zero-order valence-corrected chi connectivity index (χ0v) is 15.5. The van der Waals surface area contributed by atoms with Gasteiger partial charge < -0.3 is 14.3 Å². The van der Waals surface area contributed by atoms with E-state index in [4.69, 9.17) is 16.6 Å². The molecule has 0 N–H and O–H groups in total. The molecule has 0 saturated carbocycles. The highest BCUT2D eigenvalue weighted by molar-refractivity contribution is 8.26. The van der Waals surface area contributed by atoms with Gasteiger partial charge in [-0.1, -0.05) is 36.1 Å². The summed E-state index contributed by atoms with van der Waals surface area (Å²) < 4.78 is 7.02. The van der Waals surface area contributed by atoms with Gasteiger partial charge in [-0.15, -0.1) is 11.3 Å². The van der Waals surface area contributed by atoms with Crippen LogP contribution in [0, 0.1) is 0 Å². The summed E-state index contributed by atoms with van der Waals surface area (Å²) in [5.41, 5.74) is 0.897. The van der Waals surface area contributed by atoms with E-state index in [1.54, 1.807) is 18.2 Å². The van der Waals surface area contributed by atoms with E-state index >= 15 is 0 Å². The number of thiocarbonyl (C=S) groups is 1. The predicted octanol–water partition coefficient (Wildman–Crippen LogP) is 2.51. The van der Waals surface area contributed by atoms with Crippen LogP contribution in [0.5, 0.6) is 0 Å². The number of carbonyl (C=O) groups excluding carboxylic acids is 2. The van der Waals surface area contributed by atoms with Gasteiger partial charge >= 0.3 is 0 Å². The van der Waals surface area contributed by atoms with Crippen molar-refractivity contribution in [3.05, 3.63) is 47.1 Å². The van der Waals surface area contributed by atoms with Crippen molar-refractivity contribution < 1.29 is 19.1 Å². The molecule has 1 aromatic carbocycles. The van der Waals surface area contributed by atoms with Crippen LogP contribution in [-0.4, -0.2) is 32.6 Å². The van der Waals surface area contributed by atoms with Gasteiger partial charge in [0.15, 0.2) is 10.8 Å². The lowest BCUT2D eigenvalue weighted by molar-refractivity contribution is -0.305. The average molecular weight is 401 g/mol. The van der Waals surface area contributed by atoms with Gasteiger partial charge in [-0.3, -0.25) is 9.69 Å². The Morgan fingerprint density at radius 2 is 2.12 bits per heavy atom. The fourth-order valence-electron chi connectivity index (χ4n) is 2.42. The first-order valence-corrected chi connectivity index (χ1v) is 9.46. The van der Waals surface area contributed by atoms with Gasteiger partial charge in [0.05, 0.1) is 27.6 Å². The van der Waals surface area contributed by atoms with E-state index in [-0.39, 0.29) is 4.32 Å². The summed E-state index contributed by atoms with van der Waals surface area (Å²) in [7, 11) is 0. The molecule has 1 fully saturated rings. The van der Waals surface area contributed by atoms with E-state index in [0.29, 0.717) is 16.4 Å². The minimum Gasteiger partial charge on any atom is -0.548 e. The summed E-state index contributed by atoms with van der Waals surface area (Å²) in [4.78, 5) is 28.8. The molecule has 3 heterocycles. The van der Waals surface area contributed by atoms with Crippen LogP contribution in [0.15, 0.2) is 45.7 Å². The summed E-state index contributed by atoms with van der Waals surface area (Å²) in [6.45, 7) is -0.558. The normalized spacial score (nSPS) is 16.2. The van der Waals surface area contributed by atoms with Crippen LogP contribution in [0.2, 0.25) is 0 Å². The van der Waals surface area contributed by atoms with E-state index in [9.17, 15) is 14.7 Å². The van der Waals surface area contributed by atoms with Gasteiger partial charge in [-0.05, 0) is 24.3 Å². The molecule has 2 aromatic heterocycles. The maximum Gasteiger partial charge on any atom is 0.266 e. The van der Waals surface area contributed by atoms with Crippen molar-refractivity contribution in [1.82, 2.24) is 9.88 Å². The third-order valence-electron chi connectivity index (χ3n) is 3.57. The van der Waals surface area contributed by atoms with Crippen LogP contribution in [-0.2, 0) is 9.59 Å². The first-order valence-electron chi connectivity index (χ1n) is 7.42. The molecular weight excluding hydrogens is 392 g/mol. The van der Waals surface area contributed by atoms with Crippen LogP contribution in [0.3, 0.4) is 0 Å². The Balaban J connectivity index is 1.60. The van der Waals surface area contributed by atoms with Crippen molar-refractivity contribution in [2.75, 3.05) is 6.54 Å². The monoisotopic (exact) mass is 401 g/mol. The molecule has 1 saturated heterocycles. The quantitative estimate of drug-likeness (QED) is 0.490. The number of carboxylic acid groups (broad SMARTS) is 1. The molecule has 9 heteroatoms. The highest BCUT2D eigenvalue weighted by Gasteiger charge is 2.32. The van der Waals surface area contributed by atoms with Gasteiger partial charge in [-0.2, -0.15) is 0 Å². The Kier molecular flexibility index (Phi) is 4.35. The molecule has 0 radical (unpaired) electrons. The minimum atomic E-state index is -1.36. The summed E-state index contributed by atoms with van der Waals surface area (Å²) in [6.07, 6.45) is 1.55. The summed E-state index contributed by atoms with van der Waals surface area (Å²) in [5.74, 6) is -0.767. The number of thioether (sulfide) groups is 1. The summed E-state index contributed by atoms with van der Waals surface area (Å²) >= 11 is 7.59. The number of rotatable bonds is 4. The Morgan fingerprint density at radius 1 is 1.31 bits per heavy atom. The topological polar surface area (TPSA) is 86.5 Å². The van der Waals surface area contributed by atoms with E-state index in [2.05, 4.69) is 4.98 Å². The lowest BCUT2D eigenvalue weighted by Gasteiger charge is -2.14. The first kappa shape index (κ1) is 17.0. The van der Waals surface area contributed by atoms with Crippen LogP contribution < -0.4 is 5.11 Å². The second-order valence-electron chi connectivity index (χ2n) is 5.33. The maximum absolute atomic E-state index is 12.3. The largest absolute Gasteiger partial charge is 0.548 e. The highest BCUT2D eigenvalue weighted by Crippen LogP contribution is 2.35. The van der Waals surface area contributed by atoms with Gasteiger partial charge in [0.25, 0.3) is 5.91 Å². The number of aromatic nitrogens is 1. The fraction of sp³-hybridized carbons (Fsp3) is 0.0588. The Labute approximate surface area is 161 Å². The van der Waals surface area contributed by atoms with E-state index in [1.807, 2.05) is 24.3 Å². The lowest BCUT2D eigenvalue weighted by Crippen LogP contribution is -2.40. The van der Waals surface area contributed by atoms with Crippen molar-refractivity contribution in [2.24, 2.45) is 0 Å². The molecule has 4 rings (SSSR count). The first-order chi connectivity index (χ1) is 12.5. The molecule has 130 valence electrons. The number of carbonyl (C=O) groups is 2. The number of benzene rings is 1. The van der Waals surface area contributed by atoms with Crippen LogP contribution in [0.4, 0.5) is 0 Å². The van der Waals surface area contributed by atoms with E-state index in [0.717, 1.165) is 31.9 Å². The Hall–Kier alpha value is -2.49. The molecule has 0 atom stereocenters. The van der Waals surface area contributed by atoms with Crippen molar-refractivity contribution in [1.29, 1.82) is 0 Å². The number of nitrogens with zero attached hydrogens (tertiary/aromatic N) is 2. The SMILES string of the molecule is O=C([O-])CN1C(=O)/C(=C\c2ccc(-c3nc4ccccc4s3)o2)SC1=S. The van der Waals surface area contributed by atoms with Crippen molar-refractivity contribution in [3.8, 4) is 10.8 Å². The number of hydrogen-bond acceptors (Lipinski definition) is 8. The standard InChI is InChI=1S/C17H10N2O4S3/c20-14(21)8-19-16(22)13(26-17(19)24)7-9-5-6-11(23-9)15-18-10-3-1-2-4-12(10)25-15/h1-7H,8H2,(H,20,21)/p-1/b13-7+. The fourth-order valence-corrected chi connectivity index (χ4v) is 4.58. The molecule has 0 spiro atoms. The second-order valence-corrected chi connectivity index (χ2v) is 8.04. The van der Waals surface area contributed by atoms with Gasteiger partial charge in [-0.25, -0.2) is 4.98 Å². The van der Waals surface area contributed by atoms with Gasteiger partial charge in [0.2, 0.25) is 0 Å². The summed E-state index contributed by atoms with van der Waals surface area (Å²) in [5, 5.41) is 11.5. The van der Waals surface area contributed by atoms with Crippen LogP contribution in [0.25, 0.3) is 27.1 Å². The third-order valence-corrected chi connectivity index (χ3v) is 5.99. The number of carboxylic acids is 1. The molecule has 1 amide bonds. The lowest BCUT2D eigenvalue weighted by atomic mass is 10.3. The molecule has 0 unspecified atom stereocenters. The number of furan rings is 1. The second kappa shape index (κ2) is 6.67. The Morgan fingerprint density at radius 3 is 2.88 bits per heavy atom. The van der Waals surface area contributed by atoms with Crippen molar-refractivity contribution in [3.63, 3.8) is 0 Å². The van der Waals surface area contributed by atoms with Crippen molar-refractivity contribution in [2.45, 2.75) is 0 Å². The average Bonchev–Trinajstić information content (AvgIpc) is 3.29. The third kappa shape index (κ3) is 3.16. The highest BCUT2D eigenvalue weighted by atomic mass is 32.2. The van der Waals surface area contributed by atoms with Gasteiger partial charge in [0, 0.05) is 6.08 Å². The molecular formula is C17H9N2O4S3-. The van der Waals surface area contributed by atoms with E-state index in [1.165, 1.54) is 11.3 Å². The zero-order chi connectivity index (χ0) is 18.3. The zero-order valence-electron chi connectivity index (χ0n) is 13.0. The molecule has 3 aromatic rings.